The van der Waals surface area contributed by atoms with Gasteiger partial charge in [-0.05, 0) is 65.0 Å². The summed E-state index contributed by atoms with van der Waals surface area (Å²) in [4.78, 5) is 19.0. The predicted octanol–water partition coefficient (Wildman–Crippen LogP) is 1.94. The highest BCUT2D eigenvalue weighted by molar-refractivity contribution is 5.94. The molecule has 2 aromatic rings. The van der Waals surface area contributed by atoms with Crippen molar-refractivity contribution >= 4 is 11.9 Å². The highest BCUT2D eigenvalue weighted by Gasteiger charge is 2.06. The molecule has 0 radical (unpaired) electrons. The largest absolute Gasteiger partial charge is 0.357 e. The maximum absolute atomic E-state index is 12.3. The van der Waals surface area contributed by atoms with E-state index in [0.717, 1.165) is 49.8 Å². The van der Waals surface area contributed by atoms with Crippen LogP contribution in [0.25, 0.3) is 0 Å². The van der Waals surface area contributed by atoms with E-state index in [0.29, 0.717) is 18.7 Å². The standard InChI is InChI=1S/C23H37N7O/c1-6-24-23(26-11-8-13-30-19(3)15-18(2)28-30)27-17-20-9-7-10-21(16-20)22(31)25-12-14-29(4)5/h7,9-10,15-16H,6,8,11-14,17H2,1-5H3,(H,25,31)(H2,24,26,27). The summed E-state index contributed by atoms with van der Waals surface area (Å²) < 4.78 is 2.04. The van der Waals surface area contributed by atoms with Gasteiger partial charge in [-0.3, -0.25) is 9.48 Å². The molecule has 2 rings (SSSR count). The lowest BCUT2D eigenvalue weighted by Gasteiger charge is -2.12. The molecule has 1 amide bonds. The second kappa shape index (κ2) is 12.7. The van der Waals surface area contributed by atoms with Gasteiger partial charge in [0.15, 0.2) is 5.96 Å². The Morgan fingerprint density at radius 3 is 2.61 bits per heavy atom. The van der Waals surface area contributed by atoms with E-state index in [1.807, 2.05) is 61.8 Å². The van der Waals surface area contributed by atoms with Crippen molar-refractivity contribution in [2.75, 3.05) is 40.3 Å². The zero-order valence-electron chi connectivity index (χ0n) is 19.5. The number of likely N-dealkylation sites (N-methyl/N-ethyl adjacent to an activating group) is 1. The molecule has 31 heavy (non-hydrogen) atoms. The Balaban J connectivity index is 1.86. The van der Waals surface area contributed by atoms with Crippen LogP contribution in [0.5, 0.6) is 0 Å². The highest BCUT2D eigenvalue weighted by atomic mass is 16.1. The third-order valence-electron chi connectivity index (χ3n) is 4.74. The van der Waals surface area contributed by atoms with Gasteiger partial charge < -0.3 is 20.9 Å². The molecule has 3 N–H and O–H groups in total. The van der Waals surface area contributed by atoms with Crippen molar-refractivity contribution in [3.05, 3.63) is 52.8 Å². The van der Waals surface area contributed by atoms with Gasteiger partial charge in [-0.25, -0.2) is 4.99 Å². The SMILES string of the molecule is CCNC(=NCc1cccc(C(=O)NCCN(C)C)c1)NCCCn1nc(C)cc1C. The van der Waals surface area contributed by atoms with Crippen molar-refractivity contribution in [2.45, 2.75) is 40.3 Å². The third kappa shape index (κ3) is 8.80. The molecule has 1 heterocycles. The van der Waals surface area contributed by atoms with Crippen LogP contribution in [0.4, 0.5) is 0 Å². The van der Waals surface area contributed by atoms with Crippen LogP contribution in [0, 0.1) is 13.8 Å². The lowest BCUT2D eigenvalue weighted by Crippen LogP contribution is -2.38. The Hall–Kier alpha value is -2.87. The summed E-state index contributed by atoms with van der Waals surface area (Å²) in [5.41, 5.74) is 3.90. The summed E-state index contributed by atoms with van der Waals surface area (Å²) in [5, 5.41) is 14.1. The molecule has 8 heteroatoms. The van der Waals surface area contributed by atoms with Gasteiger partial charge in [-0.1, -0.05) is 12.1 Å². The zero-order chi connectivity index (χ0) is 22.6. The van der Waals surface area contributed by atoms with Crippen molar-refractivity contribution in [3.63, 3.8) is 0 Å². The Morgan fingerprint density at radius 2 is 1.94 bits per heavy atom. The summed E-state index contributed by atoms with van der Waals surface area (Å²) in [6.07, 6.45) is 0.953. The number of nitrogens with zero attached hydrogens (tertiary/aromatic N) is 4. The van der Waals surface area contributed by atoms with Gasteiger partial charge >= 0.3 is 0 Å². The van der Waals surface area contributed by atoms with Crippen molar-refractivity contribution in [1.29, 1.82) is 0 Å². The molecule has 0 spiro atoms. The van der Waals surface area contributed by atoms with Gasteiger partial charge in [-0.15, -0.1) is 0 Å². The van der Waals surface area contributed by atoms with E-state index >= 15 is 0 Å². The molecule has 0 saturated heterocycles. The van der Waals surface area contributed by atoms with Crippen LogP contribution in [0.3, 0.4) is 0 Å². The first-order valence-corrected chi connectivity index (χ1v) is 10.9. The quantitative estimate of drug-likeness (QED) is 0.290. The molecule has 8 nitrogen and oxygen atoms in total. The maximum atomic E-state index is 12.3. The number of aromatic nitrogens is 2. The minimum absolute atomic E-state index is 0.0538. The van der Waals surface area contributed by atoms with Crippen LogP contribution in [0.15, 0.2) is 35.3 Å². The van der Waals surface area contributed by atoms with E-state index in [9.17, 15) is 4.79 Å². The topological polar surface area (TPSA) is 86.6 Å². The summed E-state index contributed by atoms with van der Waals surface area (Å²) in [6.45, 7) is 10.5. The van der Waals surface area contributed by atoms with Crippen molar-refractivity contribution < 1.29 is 4.79 Å². The molecule has 0 aliphatic rings. The molecule has 0 unspecified atom stereocenters. The number of hydrogen-bond acceptors (Lipinski definition) is 4. The number of benzene rings is 1. The number of aliphatic imine (C=N–C) groups is 1. The minimum Gasteiger partial charge on any atom is -0.357 e. The van der Waals surface area contributed by atoms with Crippen LogP contribution >= 0.6 is 0 Å². The number of hydrogen-bond donors (Lipinski definition) is 3. The fourth-order valence-electron chi connectivity index (χ4n) is 3.16. The monoisotopic (exact) mass is 427 g/mol. The zero-order valence-corrected chi connectivity index (χ0v) is 19.5. The van der Waals surface area contributed by atoms with Gasteiger partial charge in [0.05, 0.1) is 12.2 Å². The molecule has 0 saturated carbocycles. The fraction of sp³-hybridized carbons (Fsp3) is 0.522. The molecule has 0 aliphatic heterocycles. The van der Waals surface area contributed by atoms with E-state index in [1.54, 1.807) is 0 Å². The summed E-state index contributed by atoms with van der Waals surface area (Å²) in [6, 6.07) is 9.73. The van der Waals surface area contributed by atoms with Gasteiger partial charge in [-0.2, -0.15) is 5.10 Å². The Bertz CT molecular complexity index is 857. The van der Waals surface area contributed by atoms with Crippen molar-refractivity contribution in [3.8, 4) is 0 Å². The lowest BCUT2D eigenvalue weighted by atomic mass is 10.1. The van der Waals surface area contributed by atoms with E-state index in [2.05, 4.69) is 39.0 Å². The van der Waals surface area contributed by atoms with Crippen LogP contribution in [-0.4, -0.2) is 66.8 Å². The van der Waals surface area contributed by atoms with E-state index < -0.39 is 0 Å². The van der Waals surface area contributed by atoms with Gasteiger partial charge in [0.2, 0.25) is 0 Å². The van der Waals surface area contributed by atoms with Gasteiger partial charge in [0, 0.05) is 44.0 Å². The molecule has 1 aromatic carbocycles. The Kier molecular flexibility index (Phi) is 10.0. The Labute approximate surface area is 186 Å². The summed E-state index contributed by atoms with van der Waals surface area (Å²) in [7, 11) is 3.97. The number of nitrogens with one attached hydrogen (secondary N) is 3. The smallest absolute Gasteiger partial charge is 0.251 e. The van der Waals surface area contributed by atoms with Crippen LogP contribution < -0.4 is 16.0 Å². The van der Waals surface area contributed by atoms with Crippen molar-refractivity contribution in [1.82, 2.24) is 30.6 Å². The number of amides is 1. The molecular formula is C23H37N7O. The summed E-state index contributed by atoms with van der Waals surface area (Å²) >= 11 is 0. The van der Waals surface area contributed by atoms with Crippen LogP contribution in [0.2, 0.25) is 0 Å². The fourth-order valence-corrected chi connectivity index (χ4v) is 3.16. The molecule has 0 fully saturated rings. The van der Waals surface area contributed by atoms with Gasteiger partial charge in [0.1, 0.15) is 0 Å². The van der Waals surface area contributed by atoms with Gasteiger partial charge in [0.25, 0.3) is 5.91 Å². The molecule has 0 atom stereocenters. The second-order valence-electron chi connectivity index (χ2n) is 7.89. The molecule has 170 valence electrons. The number of carbonyl (C=O) groups is 1. The molecule has 1 aromatic heterocycles. The predicted molar refractivity (Wildman–Crippen MR) is 126 cm³/mol. The van der Waals surface area contributed by atoms with Crippen LogP contribution in [0.1, 0.15) is 40.7 Å². The third-order valence-corrected chi connectivity index (χ3v) is 4.74. The second-order valence-corrected chi connectivity index (χ2v) is 7.89. The number of carbonyl (C=O) groups excluding carboxylic acids is 1. The molecule has 0 aliphatic carbocycles. The van der Waals surface area contributed by atoms with Crippen LogP contribution in [-0.2, 0) is 13.1 Å². The normalized spacial score (nSPS) is 11.6. The number of rotatable bonds is 11. The van der Waals surface area contributed by atoms with E-state index in [4.69, 9.17) is 0 Å². The first-order chi connectivity index (χ1) is 14.9. The van der Waals surface area contributed by atoms with E-state index in [-0.39, 0.29) is 5.91 Å². The minimum atomic E-state index is -0.0538. The van der Waals surface area contributed by atoms with E-state index in [1.165, 1.54) is 5.69 Å². The first-order valence-electron chi connectivity index (χ1n) is 10.9. The first kappa shape index (κ1) is 24.4. The average molecular weight is 428 g/mol. The average Bonchev–Trinajstić information content (AvgIpc) is 3.06. The summed E-state index contributed by atoms with van der Waals surface area (Å²) in [5.74, 6) is 0.721. The highest BCUT2D eigenvalue weighted by Crippen LogP contribution is 2.07. The maximum Gasteiger partial charge on any atom is 0.251 e. The molecular weight excluding hydrogens is 390 g/mol. The number of aryl methyl sites for hydroxylation is 3. The van der Waals surface area contributed by atoms with Crippen molar-refractivity contribution in [2.24, 2.45) is 4.99 Å². The Morgan fingerprint density at radius 1 is 1.13 bits per heavy atom. The number of guanidine groups is 1. The lowest BCUT2D eigenvalue weighted by molar-refractivity contribution is 0.0951. The molecule has 0 bridgehead atoms.